The van der Waals surface area contributed by atoms with E-state index in [-0.39, 0.29) is 0 Å². The normalized spacial score (nSPS) is 18.4. The van der Waals surface area contributed by atoms with Crippen LogP contribution in [0.5, 0.6) is 0 Å². The van der Waals surface area contributed by atoms with Gasteiger partial charge in [-0.3, -0.25) is 4.99 Å². The van der Waals surface area contributed by atoms with E-state index in [1.807, 2.05) is 6.07 Å². The molecule has 19 heavy (non-hydrogen) atoms. The molecule has 0 saturated heterocycles. The number of thioether (sulfide) groups is 1. The molecule has 2 aromatic rings. The summed E-state index contributed by atoms with van der Waals surface area (Å²) in [5, 5.41) is 5.34. The lowest BCUT2D eigenvalue weighted by molar-refractivity contribution is 0.648. The summed E-state index contributed by atoms with van der Waals surface area (Å²) in [6.45, 7) is 4.07. The number of halogens is 1. The average Bonchev–Trinajstić information content (AvgIpc) is 3.05. The van der Waals surface area contributed by atoms with Crippen molar-refractivity contribution >= 4 is 55.7 Å². The molecule has 3 heterocycles. The quantitative estimate of drug-likeness (QED) is 0.761. The van der Waals surface area contributed by atoms with E-state index in [0.717, 1.165) is 23.3 Å². The fourth-order valence-electron chi connectivity index (χ4n) is 2.67. The number of hydrogen-bond acceptors (Lipinski definition) is 4. The van der Waals surface area contributed by atoms with Gasteiger partial charge in [-0.1, -0.05) is 29.4 Å². The molecular formula is C14H11ClN2S2. The molecule has 0 aliphatic carbocycles. The predicted molar refractivity (Wildman–Crippen MR) is 86.0 cm³/mol. The number of allylic oxidation sites excluding steroid dienone is 1. The Labute approximate surface area is 124 Å². The minimum Gasteiger partial charge on any atom is -0.318 e. The largest absolute Gasteiger partial charge is 0.318 e. The smallest absolute Gasteiger partial charge is 0.168 e. The predicted octanol–water partition coefficient (Wildman–Crippen LogP) is 4.66. The molecule has 96 valence electrons. The second-order valence-corrected chi connectivity index (χ2v) is 7.09. The highest BCUT2D eigenvalue weighted by Gasteiger charge is 2.31. The van der Waals surface area contributed by atoms with E-state index in [4.69, 9.17) is 11.6 Å². The summed E-state index contributed by atoms with van der Waals surface area (Å²) < 4.78 is 1.18. The van der Waals surface area contributed by atoms with Crippen LogP contribution in [0, 0.1) is 0 Å². The van der Waals surface area contributed by atoms with Crippen LogP contribution in [0.4, 0.5) is 0 Å². The summed E-state index contributed by atoms with van der Waals surface area (Å²) in [6, 6.07) is 6.31. The van der Waals surface area contributed by atoms with Crippen LogP contribution in [-0.4, -0.2) is 23.2 Å². The number of fused-ring (bicyclic) bond motifs is 2. The van der Waals surface area contributed by atoms with Crippen molar-refractivity contribution in [3.8, 4) is 0 Å². The maximum absolute atomic E-state index is 6.28. The number of hydrogen-bond donors (Lipinski definition) is 0. The van der Waals surface area contributed by atoms with Crippen molar-refractivity contribution in [1.82, 2.24) is 4.90 Å². The topological polar surface area (TPSA) is 15.6 Å². The van der Waals surface area contributed by atoms with Crippen molar-refractivity contribution < 1.29 is 0 Å². The molecule has 0 saturated carbocycles. The van der Waals surface area contributed by atoms with Gasteiger partial charge >= 0.3 is 0 Å². The summed E-state index contributed by atoms with van der Waals surface area (Å²) in [4.78, 5) is 8.21. The van der Waals surface area contributed by atoms with Crippen LogP contribution in [0.3, 0.4) is 0 Å². The molecule has 1 aromatic carbocycles. The Morgan fingerprint density at radius 1 is 1.32 bits per heavy atom. The zero-order valence-electron chi connectivity index (χ0n) is 10.3. The molecule has 1 aromatic heterocycles. The Bertz CT molecular complexity index is 745. The van der Waals surface area contributed by atoms with Crippen molar-refractivity contribution in [2.24, 2.45) is 4.99 Å². The minimum absolute atomic E-state index is 0.841. The Hall–Kier alpha value is -0.970. The lowest BCUT2D eigenvalue weighted by Crippen LogP contribution is -2.20. The summed E-state index contributed by atoms with van der Waals surface area (Å²) >= 11 is 9.76. The van der Waals surface area contributed by atoms with Gasteiger partial charge in [0.2, 0.25) is 0 Å². The first-order valence-corrected chi connectivity index (χ1v) is 8.20. The number of thiophene rings is 1. The standard InChI is InChI=1S/C14H11ClN2S2/c1-8-12(17-6-5-16-14(17)19-8)9-2-3-11(15)13-10(9)4-7-18-13/h2-4,7H,5-6H2,1H3. The van der Waals surface area contributed by atoms with Gasteiger partial charge in [-0.2, -0.15) is 0 Å². The van der Waals surface area contributed by atoms with Gasteiger partial charge in [-0.25, -0.2) is 0 Å². The van der Waals surface area contributed by atoms with E-state index >= 15 is 0 Å². The molecule has 0 radical (unpaired) electrons. The van der Waals surface area contributed by atoms with E-state index in [2.05, 4.69) is 34.3 Å². The summed E-state index contributed by atoms with van der Waals surface area (Å²) in [7, 11) is 0. The summed E-state index contributed by atoms with van der Waals surface area (Å²) in [6.07, 6.45) is 0. The molecule has 5 heteroatoms. The van der Waals surface area contributed by atoms with Gasteiger partial charge in [-0.05, 0) is 24.4 Å². The highest BCUT2D eigenvalue weighted by Crippen LogP contribution is 2.44. The van der Waals surface area contributed by atoms with Crippen molar-refractivity contribution in [3.05, 3.63) is 39.1 Å². The highest BCUT2D eigenvalue weighted by molar-refractivity contribution is 8.17. The van der Waals surface area contributed by atoms with Gasteiger partial charge in [0.15, 0.2) is 5.17 Å². The van der Waals surface area contributed by atoms with Gasteiger partial charge in [0.05, 0.1) is 22.0 Å². The van der Waals surface area contributed by atoms with Crippen LogP contribution >= 0.6 is 34.7 Å². The fraction of sp³-hybridized carbons (Fsp3) is 0.214. The molecule has 2 aliphatic rings. The van der Waals surface area contributed by atoms with Gasteiger partial charge in [0, 0.05) is 22.4 Å². The SMILES string of the molecule is CC1=C(c2ccc(Cl)c3sccc23)N2CCN=C2S1. The van der Waals surface area contributed by atoms with E-state index in [1.54, 1.807) is 23.1 Å². The molecule has 2 aliphatic heterocycles. The van der Waals surface area contributed by atoms with E-state index in [9.17, 15) is 0 Å². The fourth-order valence-corrected chi connectivity index (χ4v) is 4.83. The van der Waals surface area contributed by atoms with Crippen molar-refractivity contribution in [2.45, 2.75) is 6.92 Å². The van der Waals surface area contributed by atoms with Gasteiger partial charge < -0.3 is 4.90 Å². The highest BCUT2D eigenvalue weighted by atomic mass is 35.5. The van der Waals surface area contributed by atoms with Crippen molar-refractivity contribution in [2.75, 3.05) is 13.1 Å². The molecule has 0 fully saturated rings. The third-order valence-electron chi connectivity index (χ3n) is 3.47. The zero-order chi connectivity index (χ0) is 13.0. The van der Waals surface area contributed by atoms with Crippen LogP contribution < -0.4 is 0 Å². The summed E-state index contributed by atoms with van der Waals surface area (Å²) in [5.74, 6) is 0. The average molecular weight is 307 g/mol. The lowest BCUT2D eigenvalue weighted by Gasteiger charge is -2.18. The molecule has 0 atom stereocenters. The lowest BCUT2D eigenvalue weighted by atomic mass is 10.1. The zero-order valence-corrected chi connectivity index (χ0v) is 12.7. The molecule has 0 amide bonds. The van der Waals surface area contributed by atoms with E-state index < -0.39 is 0 Å². The maximum atomic E-state index is 6.28. The minimum atomic E-state index is 0.841. The number of amidine groups is 1. The van der Waals surface area contributed by atoms with Gasteiger partial charge in [0.1, 0.15) is 0 Å². The molecule has 2 nitrogen and oxygen atoms in total. The van der Waals surface area contributed by atoms with Gasteiger partial charge in [0.25, 0.3) is 0 Å². The Morgan fingerprint density at radius 3 is 3.11 bits per heavy atom. The number of nitrogens with zero attached hydrogens (tertiary/aromatic N) is 2. The Balaban J connectivity index is 1.96. The van der Waals surface area contributed by atoms with Crippen molar-refractivity contribution in [3.63, 3.8) is 0 Å². The first kappa shape index (κ1) is 11.8. The Morgan fingerprint density at radius 2 is 2.21 bits per heavy atom. The summed E-state index contributed by atoms with van der Waals surface area (Å²) in [5.41, 5.74) is 2.58. The number of aliphatic imine (C=N–C) groups is 1. The first-order valence-electron chi connectivity index (χ1n) is 6.12. The maximum Gasteiger partial charge on any atom is 0.168 e. The van der Waals surface area contributed by atoms with Gasteiger partial charge in [-0.15, -0.1) is 11.3 Å². The molecule has 0 N–H and O–H groups in total. The van der Waals surface area contributed by atoms with Crippen LogP contribution in [-0.2, 0) is 0 Å². The third-order valence-corrected chi connectivity index (χ3v) is 5.88. The van der Waals surface area contributed by atoms with E-state index in [0.29, 0.717) is 0 Å². The monoisotopic (exact) mass is 306 g/mol. The van der Waals surface area contributed by atoms with Crippen LogP contribution in [0.15, 0.2) is 33.5 Å². The van der Waals surface area contributed by atoms with Crippen LogP contribution in [0.1, 0.15) is 12.5 Å². The van der Waals surface area contributed by atoms with Crippen molar-refractivity contribution in [1.29, 1.82) is 0 Å². The molecule has 4 rings (SSSR count). The van der Waals surface area contributed by atoms with Crippen LogP contribution in [0.25, 0.3) is 15.8 Å². The second kappa shape index (κ2) is 4.27. The third kappa shape index (κ3) is 1.67. The number of rotatable bonds is 1. The molecule has 0 bridgehead atoms. The molecule has 0 spiro atoms. The second-order valence-electron chi connectivity index (χ2n) is 4.58. The Kier molecular flexibility index (Phi) is 2.65. The number of benzene rings is 1. The molecular weight excluding hydrogens is 296 g/mol. The first-order chi connectivity index (χ1) is 9.25. The van der Waals surface area contributed by atoms with E-state index in [1.165, 1.54) is 26.3 Å². The molecule has 0 unspecified atom stereocenters. The van der Waals surface area contributed by atoms with Crippen LogP contribution in [0.2, 0.25) is 5.02 Å².